The molecule has 142 valence electrons. The number of hydrogen-bond donors (Lipinski definition) is 0. The van der Waals surface area contributed by atoms with Gasteiger partial charge < -0.3 is 4.90 Å². The van der Waals surface area contributed by atoms with Crippen LogP contribution in [0, 0.1) is 0 Å². The van der Waals surface area contributed by atoms with Crippen LogP contribution in [-0.2, 0) is 7.05 Å². The predicted octanol–water partition coefficient (Wildman–Crippen LogP) is 1.97. The molecule has 8 nitrogen and oxygen atoms in total. The maximum absolute atomic E-state index is 13.0. The summed E-state index contributed by atoms with van der Waals surface area (Å²) in [6.45, 7) is 1.60. The molecule has 0 unspecified atom stereocenters. The first-order valence-electron chi connectivity index (χ1n) is 9.45. The average Bonchev–Trinajstić information content (AvgIpc) is 3.29. The van der Waals surface area contributed by atoms with Crippen LogP contribution >= 0.6 is 0 Å². The van der Waals surface area contributed by atoms with E-state index in [9.17, 15) is 9.59 Å². The number of aryl methyl sites for hydroxylation is 1. The zero-order chi connectivity index (χ0) is 19.3. The number of amides is 1. The van der Waals surface area contributed by atoms with Gasteiger partial charge in [-0.05, 0) is 43.5 Å². The summed E-state index contributed by atoms with van der Waals surface area (Å²) in [6.07, 6.45) is 6.68. The monoisotopic (exact) mass is 376 g/mol. The second kappa shape index (κ2) is 6.33. The zero-order valence-corrected chi connectivity index (χ0v) is 15.6. The van der Waals surface area contributed by atoms with Crippen molar-refractivity contribution in [2.24, 2.45) is 7.05 Å². The fourth-order valence-corrected chi connectivity index (χ4v) is 3.89. The lowest BCUT2D eigenvalue weighted by Crippen LogP contribution is -2.35. The topological polar surface area (TPSA) is 76.9 Å². The Morgan fingerprint density at radius 1 is 1.07 bits per heavy atom. The molecule has 5 heterocycles. The summed E-state index contributed by atoms with van der Waals surface area (Å²) in [4.78, 5) is 27.1. The van der Waals surface area contributed by atoms with Crippen LogP contribution < -0.4 is 5.69 Å². The first-order valence-corrected chi connectivity index (χ1v) is 9.45. The van der Waals surface area contributed by atoms with Crippen molar-refractivity contribution in [3.8, 4) is 11.3 Å². The van der Waals surface area contributed by atoms with Gasteiger partial charge in [0.2, 0.25) is 0 Å². The van der Waals surface area contributed by atoms with E-state index >= 15 is 0 Å². The van der Waals surface area contributed by atoms with E-state index < -0.39 is 0 Å². The quantitative estimate of drug-likeness (QED) is 0.536. The van der Waals surface area contributed by atoms with Crippen LogP contribution in [0.2, 0.25) is 0 Å². The molecular weight excluding hydrogens is 356 g/mol. The molecular formula is C20H20N6O2. The van der Waals surface area contributed by atoms with Gasteiger partial charge in [-0.3, -0.25) is 4.79 Å². The molecule has 0 aromatic carbocycles. The van der Waals surface area contributed by atoms with Crippen LogP contribution in [0.15, 0.2) is 47.5 Å². The van der Waals surface area contributed by atoms with Gasteiger partial charge in [0.25, 0.3) is 5.91 Å². The minimum atomic E-state index is -0.203. The van der Waals surface area contributed by atoms with E-state index in [1.54, 1.807) is 30.0 Å². The molecule has 4 aromatic heterocycles. The van der Waals surface area contributed by atoms with Gasteiger partial charge in [0, 0.05) is 31.9 Å². The number of hydrogen-bond acceptors (Lipinski definition) is 4. The Labute approximate surface area is 160 Å². The number of aromatic nitrogens is 5. The zero-order valence-electron chi connectivity index (χ0n) is 15.6. The molecule has 0 N–H and O–H groups in total. The molecule has 1 aliphatic rings. The molecule has 4 aromatic rings. The highest BCUT2D eigenvalue weighted by Gasteiger charge is 2.22. The smallest absolute Gasteiger partial charge is 0.339 e. The number of carbonyl (C=O) groups is 1. The molecule has 1 saturated heterocycles. The van der Waals surface area contributed by atoms with E-state index in [4.69, 9.17) is 0 Å². The van der Waals surface area contributed by atoms with E-state index in [-0.39, 0.29) is 11.6 Å². The van der Waals surface area contributed by atoms with Crippen molar-refractivity contribution in [1.29, 1.82) is 0 Å². The second-order valence-electron chi connectivity index (χ2n) is 7.17. The molecule has 1 fully saturated rings. The van der Waals surface area contributed by atoms with Gasteiger partial charge in [-0.25, -0.2) is 18.4 Å². The maximum atomic E-state index is 13.0. The van der Waals surface area contributed by atoms with Gasteiger partial charge in [-0.2, -0.15) is 10.2 Å². The second-order valence-corrected chi connectivity index (χ2v) is 7.17. The molecule has 1 amide bonds. The van der Waals surface area contributed by atoms with Gasteiger partial charge in [-0.15, -0.1) is 0 Å². The van der Waals surface area contributed by atoms with Crippen molar-refractivity contribution in [2.45, 2.75) is 19.3 Å². The third-order valence-electron chi connectivity index (χ3n) is 5.37. The molecule has 0 aliphatic carbocycles. The highest BCUT2D eigenvalue weighted by atomic mass is 16.2. The molecule has 8 heteroatoms. The molecule has 0 radical (unpaired) electrons. The lowest BCUT2D eigenvalue weighted by molar-refractivity contribution is 0.0726. The Hall–Kier alpha value is -3.42. The largest absolute Gasteiger partial charge is 0.350 e. The Balaban J connectivity index is 1.61. The Morgan fingerprint density at radius 2 is 1.89 bits per heavy atom. The Bertz CT molecular complexity index is 1260. The van der Waals surface area contributed by atoms with E-state index in [2.05, 4.69) is 10.2 Å². The molecule has 0 saturated carbocycles. The highest BCUT2D eigenvalue weighted by Crippen LogP contribution is 2.24. The molecule has 0 bridgehead atoms. The van der Waals surface area contributed by atoms with Crippen molar-refractivity contribution in [1.82, 2.24) is 28.7 Å². The third kappa shape index (κ3) is 2.52. The van der Waals surface area contributed by atoms with Crippen molar-refractivity contribution in [3.63, 3.8) is 0 Å². The number of likely N-dealkylation sites (tertiary alicyclic amines) is 1. The van der Waals surface area contributed by atoms with Crippen LogP contribution in [0.3, 0.4) is 0 Å². The number of rotatable bonds is 2. The van der Waals surface area contributed by atoms with E-state index in [1.165, 1.54) is 15.5 Å². The van der Waals surface area contributed by atoms with Crippen LogP contribution in [0.1, 0.15) is 29.6 Å². The van der Waals surface area contributed by atoms with Gasteiger partial charge in [0.15, 0.2) is 5.65 Å². The molecule has 28 heavy (non-hydrogen) atoms. The van der Waals surface area contributed by atoms with Crippen LogP contribution in [0.25, 0.3) is 22.4 Å². The Kier molecular flexibility index (Phi) is 3.78. The molecule has 1 aliphatic heterocycles. The number of carbonyl (C=O) groups excluding carboxylic acids is 1. The van der Waals surface area contributed by atoms with Crippen molar-refractivity contribution in [2.75, 3.05) is 13.1 Å². The first-order chi connectivity index (χ1) is 13.6. The van der Waals surface area contributed by atoms with Gasteiger partial charge in [-0.1, -0.05) is 6.07 Å². The van der Waals surface area contributed by atoms with E-state index in [1.807, 2.05) is 29.2 Å². The number of nitrogens with zero attached hydrogens (tertiary/aromatic N) is 6. The lowest BCUT2D eigenvalue weighted by Gasteiger charge is -2.26. The van der Waals surface area contributed by atoms with Gasteiger partial charge in [0.05, 0.1) is 23.0 Å². The summed E-state index contributed by atoms with van der Waals surface area (Å²) in [5, 5.41) is 8.66. The summed E-state index contributed by atoms with van der Waals surface area (Å²) in [5.41, 5.74) is 3.41. The summed E-state index contributed by atoms with van der Waals surface area (Å²) in [5.74, 6) is 0.0331. The van der Waals surface area contributed by atoms with Crippen LogP contribution in [0.5, 0.6) is 0 Å². The fraction of sp³-hybridized carbons (Fsp3) is 0.300. The normalized spacial score (nSPS) is 14.8. The first kappa shape index (κ1) is 16.7. The van der Waals surface area contributed by atoms with Crippen molar-refractivity contribution in [3.05, 3.63) is 58.8 Å². The molecule has 5 rings (SSSR count). The summed E-state index contributed by atoms with van der Waals surface area (Å²) in [6, 6.07) is 9.46. The van der Waals surface area contributed by atoms with Crippen molar-refractivity contribution >= 4 is 17.1 Å². The summed E-state index contributed by atoms with van der Waals surface area (Å²) >= 11 is 0. The minimum Gasteiger partial charge on any atom is -0.339 e. The lowest BCUT2D eigenvalue weighted by atomic mass is 10.1. The van der Waals surface area contributed by atoms with Gasteiger partial charge in [0.1, 0.15) is 0 Å². The highest BCUT2D eigenvalue weighted by molar-refractivity contribution is 6.01. The Morgan fingerprint density at radius 3 is 2.71 bits per heavy atom. The van der Waals surface area contributed by atoms with Crippen molar-refractivity contribution < 1.29 is 4.79 Å². The fourth-order valence-electron chi connectivity index (χ4n) is 3.89. The van der Waals surface area contributed by atoms with E-state index in [0.717, 1.165) is 42.7 Å². The third-order valence-corrected chi connectivity index (χ3v) is 5.37. The number of fused-ring (bicyclic) bond motifs is 2. The minimum absolute atomic E-state index is 0.0331. The molecule has 0 spiro atoms. The SMILES string of the molecule is Cn1nc2ccc(-c3cccc4c(C(=O)N5CCCCC5)cnn34)cn2c1=O. The average molecular weight is 376 g/mol. The molecule has 0 atom stereocenters. The maximum Gasteiger partial charge on any atom is 0.350 e. The van der Waals surface area contributed by atoms with Crippen LogP contribution in [-0.4, -0.2) is 47.7 Å². The number of pyridine rings is 2. The van der Waals surface area contributed by atoms with Crippen LogP contribution in [0.4, 0.5) is 0 Å². The summed E-state index contributed by atoms with van der Waals surface area (Å²) in [7, 11) is 1.63. The summed E-state index contributed by atoms with van der Waals surface area (Å²) < 4.78 is 4.58. The standard InChI is InChI=1S/C20H20N6O2/c1-23-20(28)25-13-14(8-9-18(25)22-23)16-6-5-7-17-15(12-21-26(16)17)19(27)24-10-3-2-4-11-24/h5-9,12-13H,2-4,10-11H2,1H3. The van der Waals surface area contributed by atoms with Gasteiger partial charge >= 0.3 is 5.69 Å². The number of piperidine rings is 1. The van der Waals surface area contributed by atoms with E-state index in [0.29, 0.717) is 11.2 Å². The predicted molar refractivity (Wildman–Crippen MR) is 104 cm³/mol.